The van der Waals surface area contributed by atoms with Crippen molar-refractivity contribution in [3.05, 3.63) is 82.8 Å². The Balaban J connectivity index is 1.14. The molecule has 2 aromatic carbocycles. The molecule has 2 unspecified atom stereocenters. The Morgan fingerprint density at radius 1 is 0.880 bits per heavy atom. The Labute approximate surface area is 288 Å². The van der Waals surface area contributed by atoms with E-state index in [1.165, 1.54) is 15.4 Å². The van der Waals surface area contributed by atoms with Gasteiger partial charge in [0.05, 0.1) is 11.1 Å². The number of benzene rings is 2. The van der Waals surface area contributed by atoms with Gasteiger partial charge in [-0.25, -0.2) is 13.4 Å². The van der Waals surface area contributed by atoms with Crippen LogP contribution in [0.5, 0.6) is 0 Å². The lowest BCUT2D eigenvalue weighted by Crippen LogP contribution is -2.55. The number of carbonyl (C=O) groups excluding carboxylic acids is 1. The standard InChI is InChI=1S/C35H41F6N5O3S/c1-24-42-31(23-43(24)2)50(48,49)45-16-11-33(12-17-45)9-14-44(15-10-33)29-8-13-46(30(22-29)18-25-6-4-3-5-7-25)32(47)26-19-27(34(36,37)38)21-28(20-26)35(39,40)41/h3-7,19-21,23,29-30H,8-18,22H2,1-2H3. The second kappa shape index (κ2) is 13.6. The Kier molecular flexibility index (Phi) is 9.89. The van der Waals surface area contributed by atoms with Crippen LogP contribution in [0.15, 0.2) is 59.8 Å². The molecule has 0 aliphatic carbocycles. The molecule has 4 heterocycles. The maximum Gasteiger partial charge on any atom is 0.416 e. The van der Waals surface area contributed by atoms with Crippen molar-refractivity contribution in [2.24, 2.45) is 12.5 Å². The molecule has 3 aliphatic heterocycles. The van der Waals surface area contributed by atoms with Crippen LogP contribution in [0.4, 0.5) is 26.3 Å². The minimum absolute atomic E-state index is 0.0162. The van der Waals surface area contributed by atoms with Gasteiger partial charge < -0.3 is 14.4 Å². The zero-order valence-corrected chi connectivity index (χ0v) is 28.8. The summed E-state index contributed by atoms with van der Waals surface area (Å²) in [6, 6.07) is 10.0. The maximum absolute atomic E-state index is 13.8. The van der Waals surface area contributed by atoms with E-state index in [0.29, 0.717) is 50.3 Å². The van der Waals surface area contributed by atoms with E-state index in [4.69, 9.17) is 0 Å². The minimum Gasteiger partial charge on any atom is -0.337 e. The highest BCUT2D eigenvalue weighted by Crippen LogP contribution is 2.44. The van der Waals surface area contributed by atoms with E-state index in [1.54, 1.807) is 18.5 Å². The number of carbonyl (C=O) groups is 1. The van der Waals surface area contributed by atoms with Crippen LogP contribution in [0, 0.1) is 12.3 Å². The summed E-state index contributed by atoms with van der Waals surface area (Å²) in [5, 5.41) is 0.0620. The summed E-state index contributed by atoms with van der Waals surface area (Å²) in [6.45, 7) is 4.36. The lowest BCUT2D eigenvalue weighted by Gasteiger charge is -2.50. The monoisotopic (exact) mass is 725 g/mol. The molecule has 1 aromatic heterocycles. The summed E-state index contributed by atoms with van der Waals surface area (Å²) in [5.74, 6) is -0.224. The topological polar surface area (TPSA) is 78.8 Å². The van der Waals surface area contributed by atoms with Gasteiger partial charge in [0.25, 0.3) is 15.9 Å². The van der Waals surface area contributed by atoms with Crippen molar-refractivity contribution in [3.63, 3.8) is 0 Å². The number of alkyl halides is 6. The predicted octanol–water partition coefficient (Wildman–Crippen LogP) is 6.55. The van der Waals surface area contributed by atoms with Crippen LogP contribution in [0.3, 0.4) is 0 Å². The second-order valence-electron chi connectivity index (χ2n) is 14.0. The molecule has 0 bridgehead atoms. The van der Waals surface area contributed by atoms with Gasteiger partial charge in [0.15, 0.2) is 5.03 Å². The van der Waals surface area contributed by atoms with E-state index in [9.17, 15) is 39.6 Å². The molecule has 0 saturated carbocycles. The highest BCUT2D eigenvalue weighted by atomic mass is 32.2. The molecule has 2 atom stereocenters. The fraction of sp³-hybridized carbons (Fsp3) is 0.543. The highest BCUT2D eigenvalue weighted by molar-refractivity contribution is 7.89. The number of halogens is 6. The lowest BCUT2D eigenvalue weighted by atomic mass is 9.71. The first kappa shape index (κ1) is 36.4. The third kappa shape index (κ3) is 7.59. The van der Waals surface area contributed by atoms with Gasteiger partial charge in [-0.05, 0) is 94.1 Å². The van der Waals surface area contributed by atoms with Crippen LogP contribution < -0.4 is 0 Å². The van der Waals surface area contributed by atoms with E-state index < -0.39 is 51.0 Å². The quantitative estimate of drug-likeness (QED) is 0.270. The number of rotatable bonds is 6. The minimum atomic E-state index is -5.05. The van der Waals surface area contributed by atoms with Crippen LogP contribution >= 0.6 is 0 Å². The predicted molar refractivity (Wildman–Crippen MR) is 174 cm³/mol. The number of hydrogen-bond donors (Lipinski definition) is 0. The molecule has 3 fully saturated rings. The van der Waals surface area contributed by atoms with Gasteiger partial charge in [-0.1, -0.05) is 30.3 Å². The molecule has 1 amide bonds. The van der Waals surface area contributed by atoms with Crippen molar-refractivity contribution < 1.29 is 39.6 Å². The van der Waals surface area contributed by atoms with Crippen molar-refractivity contribution in [3.8, 4) is 0 Å². The van der Waals surface area contributed by atoms with Gasteiger partial charge in [-0.15, -0.1) is 0 Å². The van der Waals surface area contributed by atoms with Gasteiger partial charge in [0.2, 0.25) is 0 Å². The number of hydrogen-bond acceptors (Lipinski definition) is 5. The van der Waals surface area contributed by atoms with E-state index in [0.717, 1.165) is 44.3 Å². The number of aryl methyl sites for hydroxylation is 2. The van der Waals surface area contributed by atoms with Crippen LogP contribution in [-0.2, 0) is 35.8 Å². The lowest BCUT2D eigenvalue weighted by molar-refractivity contribution is -0.143. The summed E-state index contributed by atoms with van der Waals surface area (Å²) in [4.78, 5) is 21.8. The SMILES string of the molecule is Cc1nc(S(=O)(=O)N2CCC3(CCN(C4CCN(C(=O)c5cc(C(F)(F)F)cc(C(F)(F)F)c5)C(Cc5ccccc5)C4)CC3)CC2)cn1C. The first-order valence-electron chi connectivity index (χ1n) is 16.8. The van der Waals surface area contributed by atoms with Crippen molar-refractivity contribution in [1.29, 1.82) is 0 Å². The number of aromatic nitrogens is 2. The number of amides is 1. The van der Waals surface area contributed by atoms with Gasteiger partial charge in [-0.3, -0.25) is 4.79 Å². The molecule has 6 rings (SSSR count). The maximum atomic E-state index is 13.8. The highest BCUT2D eigenvalue weighted by Gasteiger charge is 2.44. The number of imidazole rings is 1. The molecule has 15 heteroatoms. The first-order valence-corrected chi connectivity index (χ1v) is 18.3. The molecule has 272 valence electrons. The third-order valence-electron chi connectivity index (χ3n) is 10.9. The van der Waals surface area contributed by atoms with Gasteiger partial charge in [-0.2, -0.15) is 30.6 Å². The third-order valence-corrected chi connectivity index (χ3v) is 12.7. The molecule has 8 nitrogen and oxygen atoms in total. The molecule has 1 spiro atoms. The molecule has 3 aromatic rings. The number of sulfonamides is 1. The van der Waals surface area contributed by atoms with Crippen molar-refractivity contribution in [1.82, 2.24) is 23.7 Å². The number of piperidine rings is 3. The Morgan fingerprint density at radius 2 is 1.46 bits per heavy atom. The summed E-state index contributed by atoms with van der Waals surface area (Å²) < 4.78 is 111. The van der Waals surface area contributed by atoms with E-state index >= 15 is 0 Å². The second-order valence-corrected chi connectivity index (χ2v) is 15.9. The fourth-order valence-electron chi connectivity index (χ4n) is 7.80. The number of nitrogens with zero attached hydrogens (tertiary/aromatic N) is 5. The summed E-state index contributed by atoms with van der Waals surface area (Å²) in [7, 11) is -1.92. The van der Waals surface area contributed by atoms with Gasteiger partial charge in [0, 0.05) is 50.5 Å². The molecular weight excluding hydrogens is 684 g/mol. The zero-order valence-electron chi connectivity index (χ0n) is 28.0. The number of likely N-dealkylation sites (tertiary alicyclic amines) is 2. The van der Waals surface area contributed by atoms with Crippen molar-refractivity contribution in [2.45, 2.75) is 81.3 Å². The smallest absolute Gasteiger partial charge is 0.337 e. The molecule has 3 aliphatic rings. The summed E-state index contributed by atoms with van der Waals surface area (Å²) >= 11 is 0. The van der Waals surface area contributed by atoms with Crippen molar-refractivity contribution >= 4 is 15.9 Å². The molecule has 0 N–H and O–H groups in total. The van der Waals surface area contributed by atoms with Gasteiger partial charge in [0.1, 0.15) is 5.82 Å². The van der Waals surface area contributed by atoms with E-state index in [2.05, 4.69) is 9.88 Å². The molecule has 50 heavy (non-hydrogen) atoms. The van der Waals surface area contributed by atoms with Crippen LogP contribution in [0.1, 0.15) is 71.4 Å². The largest absolute Gasteiger partial charge is 0.416 e. The first-order chi connectivity index (χ1) is 23.4. The Hall–Kier alpha value is -3.43. The zero-order chi connectivity index (χ0) is 36.1. The van der Waals surface area contributed by atoms with Crippen LogP contribution in [0.2, 0.25) is 0 Å². The summed E-state index contributed by atoms with van der Waals surface area (Å²) in [6.07, 6.45) is -3.85. The summed E-state index contributed by atoms with van der Waals surface area (Å²) in [5.41, 5.74) is -2.72. The molecule has 3 saturated heterocycles. The van der Waals surface area contributed by atoms with Crippen LogP contribution in [-0.4, -0.2) is 82.8 Å². The Bertz CT molecular complexity index is 1740. The van der Waals surface area contributed by atoms with Crippen molar-refractivity contribution in [2.75, 3.05) is 32.7 Å². The molecular formula is C35H41F6N5O3S. The van der Waals surface area contributed by atoms with E-state index in [1.807, 2.05) is 30.3 Å². The average molecular weight is 726 g/mol. The average Bonchev–Trinajstić information content (AvgIpc) is 3.43. The normalized spacial score (nSPS) is 22.6. The van der Waals surface area contributed by atoms with Crippen LogP contribution in [0.25, 0.3) is 0 Å². The molecule has 0 radical (unpaired) electrons. The fourth-order valence-corrected chi connectivity index (χ4v) is 9.27. The Morgan fingerprint density at radius 3 is 2.00 bits per heavy atom. The van der Waals surface area contributed by atoms with E-state index in [-0.39, 0.29) is 29.1 Å². The van der Waals surface area contributed by atoms with Gasteiger partial charge >= 0.3 is 12.4 Å².